The van der Waals surface area contributed by atoms with Gasteiger partial charge in [-0.25, -0.2) is 0 Å². The minimum Gasteiger partial charge on any atom is -0.323 e. The zero-order valence-electron chi connectivity index (χ0n) is 9.96. The molecule has 0 spiro atoms. The molecule has 0 amide bonds. The largest absolute Gasteiger partial charge is 0.323 e. The fraction of sp³-hybridized carbons (Fsp3) is 0.692. The summed E-state index contributed by atoms with van der Waals surface area (Å²) in [6, 6.07) is 4.61. The van der Waals surface area contributed by atoms with Crippen molar-refractivity contribution in [3.05, 3.63) is 21.9 Å². The summed E-state index contributed by atoms with van der Waals surface area (Å²) in [5.74, 6) is 0. The Labute approximate surface area is 97.7 Å². The Kier molecular flexibility index (Phi) is 5.96. The molecule has 1 nitrogen and oxygen atoms in total. The Morgan fingerprint density at radius 1 is 1.20 bits per heavy atom. The zero-order chi connectivity index (χ0) is 11.1. The molecule has 0 aromatic carbocycles. The van der Waals surface area contributed by atoms with Crippen LogP contribution in [-0.2, 0) is 0 Å². The van der Waals surface area contributed by atoms with Crippen LogP contribution in [-0.4, -0.2) is 0 Å². The zero-order valence-corrected chi connectivity index (χ0v) is 10.8. The fourth-order valence-electron chi connectivity index (χ4n) is 1.76. The number of rotatable bonds is 7. The summed E-state index contributed by atoms with van der Waals surface area (Å²) in [4.78, 5) is 2.72. The molecule has 0 radical (unpaired) electrons. The van der Waals surface area contributed by atoms with E-state index in [2.05, 4.69) is 26.0 Å². The van der Waals surface area contributed by atoms with Gasteiger partial charge in [0.15, 0.2) is 0 Å². The molecule has 2 heteroatoms. The van der Waals surface area contributed by atoms with Crippen LogP contribution >= 0.6 is 11.3 Å². The third kappa shape index (κ3) is 4.80. The van der Waals surface area contributed by atoms with E-state index in [1.165, 1.54) is 41.9 Å². The molecule has 0 saturated carbocycles. The molecular formula is C13H23NS. The molecule has 0 aliphatic heterocycles. The average molecular weight is 225 g/mol. The molecule has 1 unspecified atom stereocenters. The van der Waals surface area contributed by atoms with Crippen molar-refractivity contribution in [1.29, 1.82) is 0 Å². The van der Waals surface area contributed by atoms with E-state index < -0.39 is 0 Å². The molecule has 1 rings (SSSR count). The first-order chi connectivity index (χ1) is 7.24. The van der Waals surface area contributed by atoms with Crippen LogP contribution in [0.3, 0.4) is 0 Å². The topological polar surface area (TPSA) is 26.0 Å². The van der Waals surface area contributed by atoms with Crippen molar-refractivity contribution in [1.82, 2.24) is 0 Å². The Morgan fingerprint density at radius 2 is 1.93 bits per heavy atom. The number of unbranched alkanes of at least 4 members (excludes halogenated alkanes) is 4. The number of hydrogen-bond donors (Lipinski definition) is 1. The Bertz CT molecular complexity index is 267. The third-order valence-corrected chi connectivity index (χ3v) is 3.88. The van der Waals surface area contributed by atoms with Crippen molar-refractivity contribution >= 4 is 11.3 Å². The number of nitrogens with two attached hydrogens (primary N) is 1. The highest BCUT2D eigenvalue weighted by atomic mass is 32.1. The standard InChI is InChI=1S/C13H23NS/c1-3-4-5-6-7-8-12(14)13-10-9-11(2)15-13/h9-10,12H,3-8,14H2,1-2H3. The molecule has 1 aromatic rings. The summed E-state index contributed by atoms with van der Waals surface area (Å²) in [5.41, 5.74) is 6.13. The molecule has 86 valence electrons. The maximum absolute atomic E-state index is 6.13. The molecule has 0 saturated heterocycles. The van der Waals surface area contributed by atoms with Gasteiger partial charge in [0.2, 0.25) is 0 Å². The highest BCUT2D eigenvalue weighted by molar-refractivity contribution is 7.12. The molecule has 0 fully saturated rings. The van der Waals surface area contributed by atoms with E-state index in [0.29, 0.717) is 0 Å². The summed E-state index contributed by atoms with van der Waals surface area (Å²) < 4.78 is 0. The lowest BCUT2D eigenvalue weighted by Crippen LogP contribution is -2.08. The van der Waals surface area contributed by atoms with E-state index >= 15 is 0 Å². The van der Waals surface area contributed by atoms with Gasteiger partial charge in [-0.1, -0.05) is 39.0 Å². The third-order valence-electron chi connectivity index (χ3n) is 2.75. The average Bonchev–Trinajstić information content (AvgIpc) is 2.64. The first-order valence-electron chi connectivity index (χ1n) is 6.06. The van der Waals surface area contributed by atoms with Gasteiger partial charge < -0.3 is 5.73 Å². The Hall–Kier alpha value is -0.340. The summed E-state index contributed by atoms with van der Waals surface area (Å²) in [6.07, 6.45) is 7.81. The van der Waals surface area contributed by atoms with E-state index in [0.717, 1.165) is 6.42 Å². The maximum atomic E-state index is 6.13. The van der Waals surface area contributed by atoms with Crippen LogP contribution in [0.25, 0.3) is 0 Å². The Morgan fingerprint density at radius 3 is 2.53 bits per heavy atom. The summed E-state index contributed by atoms with van der Waals surface area (Å²) in [6.45, 7) is 4.39. The molecule has 1 atom stereocenters. The lowest BCUT2D eigenvalue weighted by Gasteiger charge is -2.08. The van der Waals surface area contributed by atoms with Crippen LogP contribution in [0.1, 0.15) is 61.2 Å². The highest BCUT2D eigenvalue weighted by Gasteiger charge is 2.07. The van der Waals surface area contributed by atoms with Crippen LogP contribution in [0.15, 0.2) is 12.1 Å². The number of hydrogen-bond acceptors (Lipinski definition) is 2. The van der Waals surface area contributed by atoms with Crippen LogP contribution in [0.2, 0.25) is 0 Å². The van der Waals surface area contributed by atoms with Crippen molar-refractivity contribution in [3.8, 4) is 0 Å². The highest BCUT2D eigenvalue weighted by Crippen LogP contribution is 2.24. The smallest absolute Gasteiger partial charge is 0.0389 e. The lowest BCUT2D eigenvalue weighted by atomic mass is 10.1. The van der Waals surface area contributed by atoms with Gasteiger partial charge in [-0.3, -0.25) is 0 Å². The molecule has 0 aliphatic rings. The monoisotopic (exact) mass is 225 g/mol. The minimum absolute atomic E-state index is 0.269. The van der Waals surface area contributed by atoms with E-state index in [1.54, 1.807) is 0 Å². The minimum atomic E-state index is 0.269. The normalized spacial score (nSPS) is 13.0. The first kappa shape index (κ1) is 12.7. The number of thiophene rings is 1. The lowest BCUT2D eigenvalue weighted by molar-refractivity contribution is 0.559. The summed E-state index contributed by atoms with van der Waals surface area (Å²) in [5, 5.41) is 0. The second-order valence-corrected chi connectivity index (χ2v) is 5.58. The predicted octanol–water partition coefficient (Wildman–Crippen LogP) is 4.42. The van der Waals surface area contributed by atoms with Gasteiger partial charge in [0.1, 0.15) is 0 Å². The van der Waals surface area contributed by atoms with E-state index in [9.17, 15) is 0 Å². The van der Waals surface area contributed by atoms with Gasteiger partial charge in [0, 0.05) is 15.8 Å². The van der Waals surface area contributed by atoms with E-state index in [4.69, 9.17) is 5.73 Å². The quantitative estimate of drug-likeness (QED) is 0.683. The second-order valence-electron chi connectivity index (χ2n) is 4.26. The van der Waals surface area contributed by atoms with Gasteiger partial charge in [-0.2, -0.15) is 0 Å². The van der Waals surface area contributed by atoms with Crippen molar-refractivity contribution in [3.63, 3.8) is 0 Å². The van der Waals surface area contributed by atoms with Gasteiger partial charge in [0.25, 0.3) is 0 Å². The molecule has 1 aromatic heterocycles. The van der Waals surface area contributed by atoms with Crippen LogP contribution < -0.4 is 5.73 Å². The fourth-order valence-corrected chi connectivity index (χ4v) is 2.68. The SMILES string of the molecule is CCCCCCCC(N)c1ccc(C)s1. The molecule has 15 heavy (non-hydrogen) atoms. The van der Waals surface area contributed by atoms with Crippen molar-refractivity contribution < 1.29 is 0 Å². The van der Waals surface area contributed by atoms with Crippen LogP contribution in [0.4, 0.5) is 0 Å². The first-order valence-corrected chi connectivity index (χ1v) is 6.87. The molecule has 2 N–H and O–H groups in total. The summed E-state index contributed by atoms with van der Waals surface area (Å²) >= 11 is 1.84. The molecular weight excluding hydrogens is 202 g/mol. The molecule has 1 heterocycles. The van der Waals surface area contributed by atoms with E-state index in [-0.39, 0.29) is 6.04 Å². The predicted molar refractivity (Wildman–Crippen MR) is 69.4 cm³/mol. The van der Waals surface area contributed by atoms with E-state index in [1.807, 2.05) is 11.3 Å². The van der Waals surface area contributed by atoms with Crippen LogP contribution in [0.5, 0.6) is 0 Å². The Balaban J connectivity index is 2.16. The van der Waals surface area contributed by atoms with Gasteiger partial charge in [-0.05, 0) is 25.5 Å². The van der Waals surface area contributed by atoms with Gasteiger partial charge in [-0.15, -0.1) is 11.3 Å². The van der Waals surface area contributed by atoms with Gasteiger partial charge >= 0.3 is 0 Å². The number of aryl methyl sites for hydroxylation is 1. The summed E-state index contributed by atoms with van der Waals surface area (Å²) in [7, 11) is 0. The maximum Gasteiger partial charge on any atom is 0.0389 e. The van der Waals surface area contributed by atoms with Crippen molar-refractivity contribution in [2.45, 2.75) is 58.4 Å². The molecule has 0 aliphatic carbocycles. The van der Waals surface area contributed by atoms with Crippen LogP contribution in [0, 0.1) is 6.92 Å². The second kappa shape index (κ2) is 7.02. The molecule has 0 bridgehead atoms. The van der Waals surface area contributed by atoms with Crippen molar-refractivity contribution in [2.24, 2.45) is 5.73 Å². The van der Waals surface area contributed by atoms with Gasteiger partial charge in [0.05, 0.1) is 0 Å². The van der Waals surface area contributed by atoms with Crippen molar-refractivity contribution in [2.75, 3.05) is 0 Å².